The van der Waals surface area contributed by atoms with Gasteiger partial charge in [-0.2, -0.15) is 10.2 Å². The molecule has 0 amide bonds. The van der Waals surface area contributed by atoms with Gasteiger partial charge in [-0.15, -0.1) is 0 Å². The summed E-state index contributed by atoms with van der Waals surface area (Å²) in [5, 5.41) is 9.26. The highest BCUT2D eigenvalue weighted by Gasteiger charge is 2.15. The van der Waals surface area contributed by atoms with E-state index in [2.05, 4.69) is 9.97 Å². The maximum Gasteiger partial charge on any atom is 0.222 e. The third-order valence-electron chi connectivity index (χ3n) is 2.88. The molecule has 0 atom stereocenters. The average Bonchev–Trinajstić information content (AvgIpc) is 2.49. The normalized spacial score (nSPS) is 10.0. The minimum Gasteiger partial charge on any atom is -0.490 e. The molecule has 114 valence electrons. The highest BCUT2D eigenvalue weighted by atomic mass is 16.5. The van der Waals surface area contributed by atoms with E-state index in [4.69, 9.17) is 20.9 Å². The molecule has 0 spiro atoms. The summed E-state index contributed by atoms with van der Waals surface area (Å²) >= 11 is 0. The first-order chi connectivity index (χ1) is 10.6. The molecule has 1 heterocycles. The molecule has 0 fully saturated rings. The Morgan fingerprint density at radius 1 is 1.09 bits per heavy atom. The van der Waals surface area contributed by atoms with Crippen molar-refractivity contribution in [2.45, 2.75) is 13.8 Å². The van der Waals surface area contributed by atoms with Gasteiger partial charge >= 0.3 is 0 Å². The van der Waals surface area contributed by atoms with Crippen LogP contribution in [0.2, 0.25) is 0 Å². The fraction of sp³-hybridized carbons (Fsp3) is 0.267. The Morgan fingerprint density at radius 3 is 2.41 bits per heavy atom. The van der Waals surface area contributed by atoms with Crippen LogP contribution in [0.4, 0.5) is 11.8 Å². The Balaban J connectivity index is 2.58. The molecule has 1 aromatic carbocycles. The molecular formula is C15H17N5O2. The third-order valence-corrected chi connectivity index (χ3v) is 2.88. The van der Waals surface area contributed by atoms with E-state index in [0.29, 0.717) is 36.0 Å². The van der Waals surface area contributed by atoms with Crippen LogP contribution < -0.4 is 20.9 Å². The van der Waals surface area contributed by atoms with Crippen LogP contribution in [0.5, 0.6) is 11.5 Å². The van der Waals surface area contributed by atoms with Gasteiger partial charge in [0.25, 0.3) is 0 Å². The molecule has 22 heavy (non-hydrogen) atoms. The number of ether oxygens (including phenoxy) is 2. The van der Waals surface area contributed by atoms with Crippen molar-refractivity contribution in [2.75, 3.05) is 24.7 Å². The molecule has 0 saturated heterocycles. The molecule has 1 aromatic heterocycles. The van der Waals surface area contributed by atoms with Crippen LogP contribution in [0.15, 0.2) is 18.2 Å². The second-order valence-electron chi connectivity index (χ2n) is 4.33. The van der Waals surface area contributed by atoms with Gasteiger partial charge in [0.2, 0.25) is 5.95 Å². The van der Waals surface area contributed by atoms with E-state index < -0.39 is 0 Å². The van der Waals surface area contributed by atoms with Gasteiger partial charge in [0.05, 0.1) is 18.9 Å². The summed E-state index contributed by atoms with van der Waals surface area (Å²) in [6.45, 7) is 4.78. The monoisotopic (exact) mass is 299 g/mol. The lowest BCUT2D eigenvalue weighted by Crippen LogP contribution is -2.05. The Bertz CT molecular complexity index is 725. The van der Waals surface area contributed by atoms with Crippen molar-refractivity contribution in [3.8, 4) is 28.8 Å². The van der Waals surface area contributed by atoms with E-state index in [1.165, 1.54) is 0 Å². The van der Waals surface area contributed by atoms with E-state index in [-0.39, 0.29) is 17.3 Å². The quantitative estimate of drug-likeness (QED) is 0.865. The molecule has 0 aliphatic rings. The van der Waals surface area contributed by atoms with Crippen molar-refractivity contribution < 1.29 is 9.47 Å². The van der Waals surface area contributed by atoms with E-state index in [1.807, 2.05) is 19.9 Å². The van der Waals surface area contributed by atoms with Crippen LogP contribution in [0.3, 0.4) is 0 Å². The van der Waals surface area contributed by atoms with Gasteiger partial charge in [-0.05, 0) is 32.0 Å². The maximum atomic E-state index is 9.26. The van der Waals surface area contributed by atoms with Crippen LogP contribution in [-0.4, -0.2) is 23.2 Å². The van der Waals surface area contributed by atoms with Crippen molar-refractivity contribution >= 4 is 11.8 Å². The van der Waals surface area contributed by atoms with Gasteiger partial charge in [-0.1, -0.05) is 0 Å². The minimum absolute atomic E-state index is 0.0124. The van der Waals surface area contributed by atoms with E-state index >= 15 is 0 Å². The van der Waals surface area contributed by atoms with E-state index in [0.717, 1.165) is 0 Å². The first-order valence-corrected chi connectivity index (χ1v) is 6.83. The summed E-state index contributed by atoms with van der Waals surface area (Å²) in [6.07, 6.45) is 0. The molecule has 7 nitrogen and oxygen atoms in total. The number of benzene rings is 1. The minimum atomic E-state index is 0.0124. The van der Waals surface area contributed by atoms with Gasteiger partial charge in [0.1, 0.15) is 17.5 Å². The van der Waals surface area contributed by atoms with Crippen LogP contribution in [-0.2, 0) is 0 Å². The lowest BCUT2D eigenvalue weighted by atomic mass is 10.1. The van der Waals surface area contributed by atoms with Gasteiger partial charge in [-0.3, -0.25) is 0 Å². The van der Waals surface area contributed by atoms with E-state index in [1.54, 1.807) is 18.2 Å². The SMILES string of the molecule is CCOc1ccc(-c2nc(N)nc(N)c2C#N)cc1OCC. The fourth-order valence-electron chi connectivity index (χ4n) is 2.01. The summed E-state index contributed by atoms with van der Waals surface area (Å²) in [6, 6.07) is 7.29. The number of nitriles is 1. The summed E-state index contributed by atoms with van der Waals surface area (Å²) in [5.41, 5.74) is 12.6. The number of rotatable bonds is 5. The lowest BCUT2D eigenvalue weighted by molar-refractivity contribution is 0.288. The zero-order valence-electron chi connectivity index (χ0n) is 12.5. The molecule has 0 bridgehead atoms. The smallest absolute Gasteiger partial charge is 0.222 e. The average molecular weight is 299 g/mol. The van der Waals surface area contributed by atoms with Gasteiger partial charge in [0.15, 0.2) is 11.5 Å². The molecule has 0 aliphatic heterocycles. The summed E-state index contributed by atoms with van der Waals surface area (Å²) in [5.74, 6) is 1.26. The summed E-state index contributed by atoms with van der Waals surface area (Å²) in [7, 11) is 0. The highest BCUT2D eigenvalue weighted by Crippen LogP contribution is 2.34. The molecule has 0 aliphatic carbocycles. The molecular weight excluding hydrogens is 282 g/mol. The molecule has 0 radical (unpaired) electrons. The predicted octanol–water partition coefficient (Wildman–Crippen LogP) is 1.98. The Kier molecular flexibility index (Phi) is 4.63. The Labute approximate surface area is 128 Å². The maximum absolute atomic E-state index is 9.26. The number of nitrogens with zero attached hydrogens (tertiary/aromatic N) is 3. The predicted molar refractivity (Wildman–Crippen MR) is 83.3 cm³/mol. The molecule has 7 heteroatoms. The van der Waals surface area contributed by atoms with Crippen molar-refractivity contribution in [3.05, 3.63) is 23.8 Å². The number of anilines is 2. The van der Waals surface area contributed by atoms with Crippen LogP contribution in [0.25, 0.3) is 11.3 Å². The van der Waals surface area contributed by atoms with Gasteiger partial charge < -0.3 is 20.9 Å². The van der Waals surface area contributed by atoms with Crippen LogP contribution in [0, 0.1) is 11.3 Å². The second-order valence-corrected chi connectivity index (χ2v) is 4.33. The number of hydrogen-bond acceptors (Lipinski definition) is 7. The number of nitrogen functional groups attached to an aromatic ring is 2. The Morgan fingerprint density at radius 2 is 1.77 bits per heavy atom. The number of aromatic nitrogens is 2. The Hall–Kier alpha value is -3.01. The first kappa shape index (κ1) is 15.4. The zero-order chi connectivity index (χ0) is 16.1. The van der Waals surface area contributed by atoms with E-state index in [9.17, 15) is 5.26 Å². The molecule has 4 N–H and O–H groups in total. The molecule has 2 rings (SSSR count). The molecule has 0 unspecified atom stereocenters. The zero-order valence-corrected chi connectivity index (χ0v) is 12.5. The van der Waals surface area contributed by atoms with Gasteiger partial charge in [-0.25, -0.2) is 4.98 Å². The van der Waals surface area contributed by atoms with Crippen molar-refractivity contribution in [1.82, 2.24) is 9.97 Å². The van der Waals surface area contributed by atoms with Crippen LogP contribution >= 0.6 is 0 Å². The topological polar surface area (TPSA) is 120 Å². The molecule has 0 saturated carbocycles. The second kappa shape index (κ2) is 6.63. The van der Waals surface area contributed by atoms with Crippen molar-refractivity contribution in [2.24, 2.45) is 0 Å². The largest absolute Gasteiger partial charge is 0.490 e. The number of nitrogens with two attached hydrogens (primary N) is 2. The summed E-state index contributed by atoms with van der Waals surface area (Å²) in [4.78, 5) is 7.92. The third kappa shape index (κ3) is 3.01. The van der Waals surface area contributed by atoms with Crippen molar-refractivity contribution in [1.29, 1.82) is 5.26 Å². The fourth-order valence-corrected chi connectivity index (χ4v) is 2.01. The highest BCUT2D eigenvalue weighted by molar-refractivity contribution is 5.74. The first-order valence-electron chi connectivity index (χ1n) is 6.83. The summed E-state index contributed by atoms with van der Waals surface area (Å²) < 4.78 is 11.1. The van der Waals surface area contributed by atoms with Crippen LogP contribution in [0.1, 0.15) is 19.4 Å². The molecule has 2 aromatic rings. The standard InChI is InChI=1S/C15H17N5O2/c1-3-21-11-6-5-9(7-12(11)22-4-2)13-10(8-16)14(17)20-15(18)19-13/h5-7H,3-4H2,1-2H3,(H4,17,18,19,20). The lowest BCUT2D eigenvalue weighted by Gasteiger charge is -2.13. The van der Waals surface area contributed by atoms with Crippen molar-refractivity contribution in [3.63, 3.8) is 0 Å². The number of hydrogen-bond donors (Lipinski definition) is 2. The van der Waals surface area contributed by atoms with Gasteiger partial charge in [0, 0.05) is 5.56 Å².